The van der Waals surface area contributed by atoms with Crippen molar-refractivity contribution in [1.29, 1.82) is 0 Å². The summed E-state index contributed by atoms with van der Waals surface area (Å²) in [5.41, 5.74) is 3.31. The van der Waals surface area contributed by atoms with E-state index in [2.05, 4.69) is 58.9 Å². The lowest BCUT2D eigenvalue weighted by molar-refractivity contribution is 0.0141. The molecule has 230 valence electrons. The second kappa shape index (κ2) is 16.0. The Morgan fingerprint density at radius 1 is 0.884 bits per heavy atom. The van der Waals surface area contributed by atoms with E-state index in [1.807, 2.05) is 19.1 Å². The average Bonchev–Trinajstić information content (AvgIpc) is 3.51. The highest BCUT2D eigenvalue weighted by molar-refractivity contribution is 7.15. The predicted molar refractivity (Wildman–Crippen MR) is 172 cm³/mol. The highest BCUT2D eigenvalue weighted by Gasteiger charge is 2.17. The van der Waals surface area contributed by atoms with Crippen LogP contribution in [0.1, 0.15) is 42.1 Å². The van der Waals surface area contributed by atoms with Gasteiger partial charge in [-0.05, 0) is 56.0 Å². The van der Waals surface area contributed by atoms with Crippen LogP contribution in [0.2, 0.25) is 0 Å². The minimum atomic E-state index is 0.0387. The molecule has 1 aliphatic heterocycles. The zero-order chi connectivity index (χ0) is 29.9. The molecule has 0 aliphatic carbocycles. The molecule has 0 saturated heterocycles. The number of aromatic nitrogens is 2. The number of aryl methyl sites for hydroxylation is 1. The zero-order valence-electron chi connectivity index (χ0n) is 25.3. The van der Waals surface area contributed by atoms with E-state index in [0.29, 0.717) is 63.6 Å². The Morgan fingerprint density at radius 3 is 2.49 bits per heavy atom. The summed E-state index contributed by atoms with van der Waals surface area (Å²) >= 11 is 1.79. The number of hydrogen-bond acceptors (Lipinski definition) is 10. The molecule has 10 heteroatoms. The SMILES string of the molecule is COc1cc2nc(C)nc3c2cc1OCCCCOCCOCCOCCNCc1ccccc1-c1ccc(s1)C(C)N3. The van der Waals surface area contributed by atoms with Gasteiger partial charge in [-0.15, -0.1) is 11.3 Å². The molecule has 2 N–H and O–H groups in total. The lowest BCUT2D eigenvalue weighted by atomic mass is 10.1. The van der Waals surface area contributed by atoms with E-state index in [9.17, 15) is 0 Å². The highest BCUT2D eigenvalue weighted by atomic mass is 32.1. The van der Waals surface area contributed by atoms with Crippen LogP contribution >= 0.6 is 11.3 Å². The topological polar surface area (TPSA) is 96.0 Å². The monoisotopic (exact) mass is 606 g/mol. The number of nitrogens with one attached hydrogen (secondary N) is 2. The lowest BCUT2D eigenvalue weighted by Gasteiger charge is -2.17. The van der Waals surface area contributed by atoms with E-state index < -0.39 is 0 Å². The standard InChI is InChI=1S/C33H42N4O5S/c1-23-31-10-11-32(43-31)26-9-5-4-8-25(26)22-34-12-15-40-17-19-41-18-16-39-13-6-7-14-42-30-20-27-28(21-29(30)38-3)36-24(2)37-33(27)35-23/h4-5,8-11,20-21,23,34H,6-7,12-19,22H2,1-3H3,(H,35,36,37). The Kier molecular flexibility index (Phi) is 11.6. The number of benzene rings is 2. The maximum absolute atomic E-state index is 6.17. The summed E-state index contributed by atoms with van der Waals surface area (Å²) in [5.74, 6) is 2.80. The first-order valence-electron chi connectivity index (χ1n) is 15.0. The molecule has 2 aromatic heterocycles. The van der Waals surface area contributed by atoms with Crippen LogP contribution in [0, 0.1) is 6.92 Å². The summed E-state index contributed by atoms with van der Waals surface area (Å²) in [6.07, 6.45) is 1.76. The minimum absolute atomic E-state index is 0.0387. The fraction of sp³-hybridized carbons (Fsp3) is 0.455. The van der Waals surface area contributed by atoms with E-state index >= 15 is 0 Å². The number of thiophene rings is 1. The third kappa shape index (κ3) is 8.64. The maximum atomic E-state index is 6.17. The first kappa shape index (κ1) is 31.2. The Morgan fingerprint density at radius 2 is 1.65 bits per heavy atom. The van der Waals surface area contributed by atoms with Crippen molar-refractivity contribution in [2.45, 2.75) is 39.3 Å². The average molecular weight is 607 g/mol. The number of nitrogens with zero attached hydrogens (tertiary/aromatic N) is 2. The summed E-state index contributed by atoms with van der Waals surface area (Å²) in [7, 11) is 1.65. The molecule has 4 aromatic rings. The maximum Gasteiger partial charge on any atom is 0.162 e. The molecule has 5 rings (SSSR count). The molecule has 43 heavy (non-hydrogen) atoms. The van der Waals surface area contributed by atoms with Gasteiger partial charge in [0, 0.05) is 40.9 Å². The predicted octanol–water partition coefficient (Wildman–Crippen LogP) is 6.16. The molecule has 9 nitrogen and oxygen atoms in total. The number of methoxy groups -OCH3 is 1. The van der Waals surface area contributed by atoms with Gasteiger partial charge >= 0.3 is 0 Å². The normalized spacial score (nSPS) is 18.3. The molecule has 4 bridgehead atoms. The lowest BCUT2D eigenvalue weighted by Crippen LogP contribution is -2.20. The van der Waals surface area contributed by atoms with E-state index in [0.717, 1.165) is 42.7 Å². The van der Waals surface area contributed by atoms with Crippen molar-refractivity contribution >= 4 is 28.1 Å². The van der Waals surface area contributed by atoms with Crippen LogP contribution in [0.5, 0.6) is 11.5 Å². The number of ether oxygens (including phenoxy) is 5. The van der Waals surface area contributed by atoms with Crippen LogP contribution < -0.4 is 20.1 Å². The van der Waals surface area contributed by atoms with Gasteiger partial charge in [0.25, 0.3) is 0 Å². The van der Waals surface area contributed by atoms with Crippen molar-refractivity contribution in [3.8, 4) is 21.9 Å². The molecule has 0 radical (unpaired) electrons. The van der Waals surface area contributed by atoms with Gasteiger partial charge in [-0.1, -0.05) is 24.3 Å². The Balaban J connectivity index is 1.38. The molecule has 1 aliphatic rings. The van der Waals surface area contributed by atoms with Crippen LogP contribution in [0.15, 0.2) is 48.5 Å². The van der Waals surface area contributed by atoms with Crippen LogP contribution in [0.25, 0.3) is 21.3 Å². The summed E-state index contributed by atoms with van der Waals surface area (Å²) in [6, 6.07) is 16.9. The molecule has 3 heterocycles. The van der Waals surface area contributed by atoms with Gasteiger partial charge in [0.2, 0.25) is 0 Å². The molecule has 1 unspecified atom stereocenters. The van der Waals surface area contributed by atoms with Gasteiger partial charge in [-0.25, -0.2) is 9.97 Å². The molecular formula is C33H42N4O5S. The third-order valence-electron chi connectivity index (χ3n) is 7.21. The van der Waals surface area contributed by atoms with Gasteiger partial charge in [0.15, 0.2) is 11.5 Å². The van der Waals surface area contributed by atoms with Crippen LogP contribution in [-0.4, -0.2) is 69.9 Å². The molecule has 0 spiro atoms. The fourth-order valence-corrected chi connectivity index (χ4v) is 6.02. The zero-order valence-corrected chi connectivity index (χ0v) is 26.1. The van der Waals surface area contributed by atoms with E-state index in [4.69, 9.17) is 28.7 Å². The highest BCUT2D eigenvalue weighted by Crippen LogP contribution is 2.37. The first-order valence-corrected chi connectivity index (χ1v) is 15.8. The number of fused-ring (bicyclic) bond motifs is 5. The second-order valence-electron chi connectivity index (χ2n) is 10.4. The summed E-state index contributed by atoms with van der Waals surface area (Å²) in [4.78, 5) is 11.9. The smallest absolute Gasteiger partial charge is 0.162 e. The third-order valence-corrected chi connectivity index (χ3v) is 8.51. The quantitative estimate of drug-likeness (QED) is 0.264. The van der Waals surface area contributed by atoms with Crippen molar-refractivity contribution in [1.82, 2.24) is 15.3 Å². The van der Waals surface area contributed by atoms with Gasteiger partial charge < -0.3 is 34.3 Å². The molecule has 1 atom stereocenters. The summed E-state index contributed by atoms with van der Waals surface area (Å²) < 4.78 is 28.9. The Bertz CT molecular complexity index is 1460. The molecular weight excluding hydrogens is 564 g/mol. The Labute approximate surface area is 257 Å². The van der Waals surface area contributed by atoms with Gasteiger partial charge in [-0.2, -0.15) is 0 Å². The van der Waals surface area contributed by atoms with Gasteiger partial charge in [0.1, 0.15) is 11.6 Å². The van der Waals surface area contributed by atoms with Crippen molar-refractivity contribution in [2.24, 2.45) is 0 Å². The van der Waals surface area contributed by atoms with Crippen molar-refractivity contribution in [2.75, 3.05) is 65.2 Å². The van der Waals surface area contributed by atoms with Gasteiger partial charge in [-0.3, -0.25) is 0 Å². The first-order chi connectivity index (χ1) is 21.1. The number of rotatable bonds is 1. The van der Waals surface area contributed by atoms with E-state index in [1.165, 1.54) is 20.9 Å². The number of anilines is 1. The number of hydrogen-bond donors (Lipinski definition) is 2. The van der Waals surface area contributed by atoms with Crippen molar-refractivity contribution < 1.29 is 23.7 Å². The Hall–Kier alpha value is -3.28. The van der Waals surface area contributed by atoms with Gasteiger partial charge in [0.05, 0.1) is 58.3 Å². The van der Waals surface area contributed by atoms with Crippen molar-refractivity contribution in [3.05, 3.63) is 64.8 Å². The van der Waals surface area contributed by atoms with Crippen molar-refractivity contribution in [3.63, 3.8) is 0 Å². The largest absolute Gasteiger partial charge is 0.493 e. The summed E-state index contributed by atoms with van der Waals surface area (Å²) in [5, 5.41) is 8.06. The van der Waals surface area contributed by atoms with Crippen LogP contribution in [-0.2, 0) is 20.8 Å². The van der Waals surface area contributed by atoms with Crippen LogP contribution in [0.3, 0.4) is 0 Å². The minimum Gasteiger partial charge on any atom is -0.493 e. The molecule has 0 saturated carbocycles. The molecule has 2 aromatic carbocycles. The fourth-order valence-electron chi connectivity index (χ4n) is 4.95. The van der Waals surface area contributed by atoms with E-state index in [1.54, 1.807) is 18.4 Å². The van der Waals surface area contributed by atoms with E-state index in [-0.39, 0.29) is 6.04 Å². The van der Waals surface area contributed by atoms with Crippen LogP contribution in [0.4, 0.5) is 5.82 Å². The second-order valence-corrected chi connectivity index (χ2v) is 11.5. The molecule has 0 amide bonds. The molecule has 0 fully saturated rings. The summed E-state index contributed by atoms with van der Waals surface area (Å²) in [6.45, 7) is 9.74.